The van der Waals surface area contributed by atoms with Crippen molar-refractivity contribution in [2.24, 2.45) is 0 Å². The molecule has 1 amide bonds. The fourth-order valence-corrected chi connectivity index (χ4v) is 3.09. The third kappa shape index (κ3) is 2.76. The maximum absolute atomic E-state index is 12.1. The van der Waals surface area contributed by atoms with Crippen LogP contribution in [0.1, 0.15) is 10.4 Å². The molecule has 0 radical (unpaired) electrons. The van der Waals surface area contributed by atoms with E-state index in [9.17, 15) is 4.79 Å². The number of nitrogens with zero attached hydrogens (tertiary/aromatic N) is 2. The summed E-state index contributed by atoms with van der Waals surface area (Å²) in [6, 6.07) is 7.60. The van der Waals surface area contributed by atoms with Crippen molar-refractivity contribution in [3.63, 3.8) is 0 Å². The molecule has 3 aliphatic heterocycles. The molecule has 0 aliphatic carbocycles. The van der Waals surface area contributed by atoms with E-state index >= 15 is 0 Å². The van der Waals surface area contributed by atoms with Crippen molar-refractivity contribution >= 4 is 17.5 Å². The number of amides is 1. The summed E-state index contributed by atoms with van der Waals surface area (Å²) in [5.74, 6) is -0.0803. The molecule has 5 heteroatoms. The molecule has 102 valence electrons. The molecule has 1 aromatic carbocycles. The third-order valence-electron chi connectivity index (χ3n) is 4.01. The molecule has 1 N–H and O–H groups in total. The molecule has 2 bridgehead atoms. The van der Waals surface area contributed by atoms with Gasteiger partial charge in [0.25, 0.3) is 5.91 Å². The Labute approximate surface area is 118 Å². The van der Waals surface area contributed by atoms with Crippen molar-refractivity contribution in [3.05, 3.63) is 34.9 Å². The van der Waals surface area contributed by atoms with Crippen molar-refractivity contribution in [1.29, 1.82) is 0 Å². The number of benzene rings is 1. The summed E-state index contributed by atoms with van der Waals surface area (Å²) in [6.45, 7) is 6.31. The number of fused-ring (bicyclic) bond motifs is 3. The van der Waals surface area contributed by atoms with Crippen LogP contribution in [0, 0.1) is 0 Å². The van der Waals surface area contributed by atoms with Gasteiger partial charge in [0.2, 0.25) is 0 Å². The minimum Gasteiger partial charge on any atom is -0.350 e. The minimum absolute atomic E-state index is 0.0803. The van der Waals surface area contributed by atoms with Crippen LogP contribution in [0.5, 0.6) is 0 Å². The summed E-state index contributed by atoms with van der Waals surface area (Å²) >= 11 is 6.02. The van der Waals surface area contributed by atoms with Gasteiger partial charge in [-0.25, -0.2) is 0 Å². The number of hydrogen-bond donors (Lipinski definition) is 1. The number of piperazine rings is 3. The lowest BCUT2D eigenvalue weighted by Gasteiger charge is -2.47. The van der Waals surface area contributed by atoms with Crippen molar-refractivity contribution in [2.75, 3.05) is 39.3 Å². The highest BCUT2D eigenvalue weighted by Gasteiger charge is 2.31. The first-order valence-corrected chi connectivity index (χ1v) is 7.11. The van der Waals surface area contributed by atoms with Gasteiger partial charge in [0, 0.05) is 45.3 Å². The standard InChI is InChI=1S/C14H18ClN3O/c15-13-4-2-1-3-12(13)14(19)16-9-11-10-17-5-7-18(11)8-6-17/h1-4,11H,5-10H2,(H,16,19). The number of nitrogens with one attached hydrogen (secondary N) is 1. The van der Waals surface area contributed by atoms with E-state index < -0.39 is 0 Å². The maximum Gasteiger partial charge on any atom is 0.252 e. The fourth-order valence-electron chi connectivity index (χ4n) is 2.87. The van der Waals surface area contributed by atoms with Crippen LogP contribution in [0.2, 0.25) is 5.02 Å². The quantitative estimate of drug-likeness (QED) is 0.899. The highest BCUT2D eigenvalue weighted by molar-refractivity contribution is 6.33. The highest BCUT2D eigenvalue weighted by Crippen LogP contribution is 2.16. The fraction of sp³-hybridized carbons (Fsp3) is 0.500. The lowest BCUT2D eigenvalue weighted by Crippen LogP contribution is -2.63. The van der Waals surface area contributed by atoms with Gasteiger partial charge in [-0.1, -0.05) is 23.7 Å². The number of carbonyl (C=O) groups excluding carboxylic acids is 1. The maximum atomic E-state index is 12.1. The van der Waals surface area contributed by atoms with Crippen LogP contribution in [0.4, 0.5) is 0 Å². The molecule has 3 aliphatic rings. The zero-order valence-electron chi connectivity index (χ0n) is 10.8. The Morgan fingerprint density at radius 2 is 2.00 bits per heavy atom. The van der Waals surface area contributed by atoms with Crippen molar-refractivity contribution in [3.8, 4) is 0 Å². The summed E-state index contributed by atoms with van der Waals surface area (Å²) in [6.07, 6.45) is 0. The predicted molar refractivity (Wildman–Crippen MR) is 75.6 cm³/mol. The Morgan fingerprint density at radius 3 is 2.63 bits per heavy atom. The Bertz CT molecular complexity index is 472. The first-order valence-electron chi connectivity index (χ1n) is 6.73. The second-order valence-corrected chi connectivity index (χ2v) is 5.59. The van der Waals surface area contributed by atoms with E-state index in [-0.39, 0.29) is 5.91 Å². The van der Waals surface area contributed by atoms with Crippen LogP contribution in [-0.2, 0) is 0 Å². The first kappa shape index (κ1) is 12.9. The molecule has 19 heavy (non-hydrogen) atoms. The van der Waals surface area contributed by atoms with Gasteiger partial charge in [-0.2, -0.15) is 0 Å². The molecule has 3 fully saturated rings. The Hall–Kier alpha value is -1.10. The van der Waals surface area contributed by atoms with Gasteiger partial charge in [0.15, 0.2) is 0 Å². The van der Waals surface area contributed by atoms with Crippen LogP contribution in [0.15, 0.2) is 24.3 Å². The van der Waals surface area contributed by atoms with Crippen LogP contribution in [0.3, 0.4) is 0 Å². The molecule has 1 aromatic rings. The van der Waals surface area contributed by atoms with Crippen molar-refractivity contribution in [2.45, 2.75) is 6.04 Å². The van der Waals surface area contributed by atoms with Gasteiger partial charge in [0.1, 0.15) is 0 Å². The molecular formula is C14H18ClN3O. The molecule has 0 spiro atoms. The molecule has 4 rings (SSSR count). The van der Waals surface area contributed by atoms with E-state index in [4.69, 9.17) is 11.6 Å². The minimum atomic E-state index is -0.0803. The number of halogens is 1. The number of carbonyl (C=O) groups is 1. The van der Waals surface area contributed by atoms with E-state index in [1.807, 2.05) is 12.1 Å². The molecule has 3 heterocycles. The van der Waals surface area contributed by atoms with Gasteiger partial charge < -0.3 is 5.32 Å². The lowest BCUT2D eigenvalue weighted by atomic mass is 10.1. The van der Waals surface area contributed by atoms with Crippen LogP contribution in [0.25, 0.3) is 0 Å². The predicted octanol–water partition coefficient (Wildman–Crippen LogP) is 1.07. The number of rotatable bonds is 3. The Morgan fingerprint density at radius 1 is 1.26 bits per heavy atom. The summed E-state index contributed by atoms with van der Waals surface area (Å²) < 4.78 is 0. The number of hydrogen-bond acceptors (Lipinski definition) is 3. The van der Waals surface area contributed by atoms with Gasteiger partial charge in [-0.15, -0.1) is 0 Å². The van der Waals surface area contributed by atoms with Crippen LogP contribution in [-0.4, -0.2) is 61.0 Å². The van der Waals surface area contributed by atoms with Gasteiger partial charge in [0.05, 0.1) is 10.6 Å². The Balaban J connectivity index is 1.58. The second kappa shape index (κ2) is 5.49. The topological polar surface area (TPSA) is 35.6 Å². The van der Waals surface area contributed by atoms with Gasteiger partial charge >= 0.3 is 0 Å². The molecule has 4 nitrogen and oxygen atoms in total. The van der Waals surface area contributed by atoms with E-state index in [1.165, 1.54) is 0 Å². The molecule has 0 saturated carbocycles. The largest absolute Gasteiger partial charge is 0.350 e. The van der Waals surface area contributed by atoms with Crippen LogP contribution >= 0.6 is 11.6 Å². The zero-order chi connectivity index (χ0) is 13.2. The van der Waals surface area contributed by atoms with E-state index in [0.29, 0.717) is 23.2 Å². The monoisotopic (exact) mass is 279 g/mol. The lowest BCUT2D eigenvalue weighted by molar-refractivity contribution is 0.0138. The van der Waals surface area contributed by atoms with E-state index in [0.717, 1.165) is 32.7 Å². The summed E-state index contributed by atoms with van der Waals surface area (Å²) in [4.78, 5) is 17.0. The third-order valence-corrected chi connectivity index (χ3v) is 4.34. The molecule has 1 unspecified atom stereocenters. The molecule has 1 atom stereocenters. The average Bonchev–Trinajstić information content (AvgIpc) is 2.46. The first-order chi connectivity index (χ1) is 9.24. The van der Waals surface area contributed by atoms with Crippen molar-refractivity contribution < 1.29 is 4.79 Å². The normalized spacial score (nSPS) is 29.2. The summed E-state index contributed by atoms with van der Waals surface area (Å²) in [7, 11) is 0. The Kier molecular flexibility index (Phi) is 3.73. The molecule has 3 saturated heterocycles. The summed E-state index contributed by atoms with van der Waals surface area (Å²) in [5.41, 5.74) is 0.556. The highest BCUT2D eigenvalue weighted by atomic mass is 35.5. The van der Waals surface area contributed by atoms with E-state index in [2.05, 4.69) is 15.1 Å². The SMILES string of the molecule is O=C(NCC1CN2CCN1CC2)c1ccccc1Cl. The van der Waals surface area contributed by atoms with Gasteiger partial charge in [-0.05, 0) is 12.1 Å². The smallest absolute Gasteiger partial charge is 0.252 e. The average molecular weight is 280 g/mol. The molecular weight excluding hydrogens is 262 g/mol. The van der Waals surface area contributed by atoms with Gasteiger partial charge in [-0.3, -0.25) is 14.6 Å². The summed E-state index contributed by atoms with van der Waals surface area (Å²) in [5, 5.41) is 3.51. The molecule has 0 aromatic heterocycles. The van der Waals surface area contributed by atoms with Crippen LogP contribution < -0.4 is 5.32 Å². The van der Waals surface area contributed by atoms with E-state index in [1.54, 1.807) is 12.1 Å². The van der Waals surface area contributed by atoms with Crippen molar-refractivity contribution in [1.82, 2.24) is 15.1 Å². The second-order valence-electron chi connectivity index (χ2n) is 5.18. The zero-order valence-corrected chi connectivity index (χ0v) is 11.6.